The number of allylic oxidation sites excluding steroid dienone is 5. The van der Waals surface area contributed by atoms with E-state index in [0.29, 0.717) is 5.92 Å². The fourth-order valence-electron chi connectivity index (χ4n) is 2.64. The summed E-state index contributed by atoms with van der Waals surface area (Å²) >= 11 is 0. The van der Waals surface area contributed by atoms with Crippen LogP contribution in [0.1, 0.15) is 20.3 Å². The second kappa shape index (κ2) is 5.13. The third kappa shape index (κ3) is 2.83. The lowest BCUT2D eigenvalue weighted by Gasteiger charge is -2.36. The molecule has 1 aliphatic heterocycles. The van der Waals surface area contributed by atoms with E-state index in [0.717, 1.165) is 5.76 Å². The zero-order valence-corrected chi connectivity index (χ0v) is 12.1. The van der Waals surface area contributed by atoms with Crippen LogP contribution < -0.4 is 0 Å². The predicted octanol–water partition coefficient (Wildman–Crippen LogP) is 3.39. The maximum atomic E-state index is 5.82. The summed E-state index contributed by atoms with van der Waals surface area (Å²) in [6.07, 6.45) is 11.7. The van der Waals surface area contributed by atoms with Crippen LogP contribution in [0.2, 0.25) is 12.1 Å². The highest BCUT2D eigenvalue weighted by atomic mass is 28.3. The predicted molar refractivity (Wildman–Crippen MR) is 73.1 cm³/mol. The Kier molecular flexibility index (Phi) is 3.77. The Morgan fingerprint density at radius 1 is 1.53 bits per heavy atom. The van der Waals surface area contributed by atoms with Gasteiger partial charge in [0.1, 0.15) is 0 Å². The summed E-state index contributed by atoms with van der Waals surface area (Å²) in [6.45, 7) is 4.57. The lowest BCUT2D eigenvalue weighted by molar-refractivity contribution is 0.187. The molecule has 0 saturated heterocycles. The molecule has 0 aromatic rings. The van der Waals surface area contributed by atoms with Crippen LogP contribution in [0.4, 0.5) is 0 Å². The van der Waals surface area contributed by atoms with Crippen molar-refractivity contribution < 1.29 is 9.16 Å². The van der Waals surface area contributed by atoms with Crippen molar-refractivity contribution in [1.29, 1.82) is 0 Å². The molecule has 2 aliphatic rings. The molecule has 0 amide bonds. The number of rotatable bonds is 3. The summed E-state index contributed by atoms with van der Waals surface area (Å²) in [4.78, 5) is 0. The van der Waals surface area contributed by atoms with Gasteiger partial charge >= 0.3 is 0 Å². The van der Waals surface area contributed by atoms with Gasteiger partial charge in [-0.2, -0.15) is 0 Å². The first-order chi connectivity index (χ1) is 8.13. The molecule has 2 unspecified atom stereocenters. The monoisotopic (exact) mass is 250 g/mol. The standard InChI is InChI=1S/C14H22O2Si/c1-14(2)8-6-7-13(15-3)12(14)11-17-10-5-4-9-16-17/h4,6-9,12,17H,5,10-11H2,1-3H3. The second-order valence-corrected chi connectivity index (χ2v) is 8.01. The first-order valence-electron chi connectivity index (χ1n) is 6.37. The van der Waals surface area contributed by atoms with Crippen molar-refractivity contribution in [2.24, 2.45) is 11.3 Å². The Balaban J connectivity index is 2.08. The molecular weight excluding hydrogens is 228 g/mol. The van der Waals surface area contributed by atoms with E-state index < -0.39 is 9.04 Å². The first-order valence-corrected chi connectivity index (χ1v) is 8.48. The van der Waals surface area contributed by atoms with Crippen molar-refractivity contribution >= 4 is 9.04 Å². The molecule has 94 valence electrons. The topological polar surface area (TPSA) is 18.5 Å². The van der Waals surface area contributed by atoms with Crippen LogP contribution in [0.25, 0.3) is 0 Å². The fraction of sp³-hybridized carbons (Fsp3) is 0.571. The molecule has 2 atom stereocenters. The molecule has 0 bridgehead atoms. The summed E-state index contributed by atoms with van der Waals surface area (Å²) in [5, 5.41) is 0. The molecule has 0 saturated carbocycles. The maximum Gasteiger partial charge on any atom is 0.235 e. The van der Waals surface area contributed by atoms with Crippen molar-refractivity contribution in [2.75, 3.05) is 7.11 Å². The van der Waals surface area contributed by atoms with Gasteiger partial charge in [-0.3, -0.25) is 0 Å². The minimum absolute atomic E-state index is 0.178. The zero-order valence-electron chi connectivity index (χ0n) is 11.0. The van der Waals surface area contributed by atoms with Crippen molar-refractivity contribution in [3.05, 3.63) is 36.3 Å². The maximum absolute atomic E-state index is 5.82. The molecule has 17 heavy (non-hydrogen) atoms. The molecule has 2 rings (SSSR count). The molecule has 1 heterocycles. The third-order valence-corrected chi connectivity index (χ3v) is 6.30. The smallest absolute Gasteiger partial charge is 0.235 e. The Morgan fingerprint density at radius 3 is 3.00 bits per heavy atom. The van der Waals surface area contributed by atoms with Gasteiger partial charge in [-0.25, -0.2) is 0 Å². The Bertz CT molecular complexity index is 355. The number of hydrogen-bond acceptors (Lipinski definition) is 2. The number of methoxy groups -OCH3 is 1. The number of hydrogen-bond donors (Lipinski definition) is 0. The number of ether oxygens (including phenoxy) is 1. The molecule has 0 fully saturated rings. The van der Waals surface area contributed by atoms with Crippen LogP contribution in [0.15, 0.2) is 36.3 Å². The van der Waals surface area contributed by atoms with Crippen molar-refractivity contribution in [3.8, 4) is 0 Å². The summed E-state index contributed by atoms with van der Waals surface area (Å²) in [5.74, 6) is 1.59. The fourth-order valence-corrected chi connectivity index (χ4v) is 5.39. The van der Waals surface area contributed by atoms with Crippen molar-refractivity contribution in [1.82, 2.24) is 0 Å². The second-order valence-electron chi connectivity index (χ2n) is 5.45. The van der Waals surface area contributed by atoms with Crippen LogP contribution in [0.3, 0.4) is 0 Å². The Labute approximate surface area is 106 Å². The molecule has 0 spiro atoms. The Hall–Kier alpha value is -0.963. The van der Waals surface area contributed by atoms with E-state index >= 15 is 0 Å². The van der Waals surface area contributed by atoms with Gasteiger partial charge in [0.05, 0.1) is 19.1 Å². The summed E-state index contributed by atoms with van der Waals surface area (Å²) in [5.41, 5.74) is 0.178. The van der Waals surface area contributed by atoms with E-state index in [1.54, 1.807) is 7.11 Å². The molecule has 0 aromatic carbocycles. The quantitative estimate of drug-likeness (QED) is 0.715. The van der Waals surface area contributed by atoms with Crippen LogP contribution in [-0.4, -0.2) is 16.2 Å². The van der Waals surface area contributed by atoms with Crippen LogP contribution in [0, 0.1) is 11.3 Å². The van der Waals surface area contributed by atoms with Crippen LogP contribution >= 0.6 is 0 Å². The molecular formula is C14H22O2Si. The van der Waals surface area contributed by atoms with Gasteiger partial charge in [0.15, 0.2) is 0 Å². The average Bonchev–Trinajstić information content (AvgIpc) is 2.33. The van der Waals surface area contributed by atoms with Crippen LogP contribution in [0.5, 0.6) is 0 Å². The highest BCUT2D eigenvalue weighted by Crippen LogP contribution is 2.41. The molecule has 1 aliphatic carbocycles. The van der Waals surface area contributed by atoms with Crippen molar-refractivity contribution in [3.63, 3.8) is 0 Å². The Morgan fingerprint density at radius 2 is 2.35 bits per heavy atom. The SMILES string of the molecule is COC1=CC=CC(C)(C)C1C[SiH]1CCC=CO1. The summed E-state index contributed by atoms with van der Waals surface area (Å²) < 4.78 is 11.4. The van der Waals surface area contributed by atoms with E-state index in [-0.39, 0.29) is 5.41 Å². The molecule has 2 nitrogen and oxygen atoms in total. The first kappa shape index (κ1) is 12.5. The summed E-state index contributed by atoms with van der Waals surface area (Å²) in [6, 6.07) is 2.42. The molecule has 0 aromatic heterocycles. The molecule has 0 radical (unpaired) electrons. The highest BCUT2D eigenvalue weighted by molar-refractivity contribution is 6.52. The largest absolute Gasteiger partial charge is 0.552 e. The van der Waals surface area contributed by atoms with Gasteiger partial charge in [-0.15, -0.1) is 0 Å². The molecule has 0 N–H and O–H groups in total. The van der Waals surface area contributed by atoms with E-state index in [4.69, 9.17) is 9.16 Å². The normalized spacial score (nSPS) is 30.6. The van der Waals surface area contributed by atoms with Gasteiger partial charge in [-0.05, 0) is 30.0 Å². The van der Waals surface area contributed by atoms with Crippen molar-refractivity contribution in [2.45, 2.75) is 32.4 Å². The lowest BCUT2D eigenvalue weighted by Crippen LogP contribution is -2.32. The van der Waals surface area contributed by atoms with Gasteiger partial charge in [0, 0.05) is 5.92 Å². The van der Waals surface area contributed by atoms with E-state index in [2.05, 4.69) is 38.2 Å². The van der Waals surface area contributed by atoms with Gasteiger partial charge in [0.2, 0.25) is 9.04 Å². The van der Waals surface area contributed by atoms with E-state index in [9.17, 15) is 0 Å². The minimum Gasteiger partial charge on any atom is -0.552 e. The lowest BCUT2D eigenvalue weighted by atomic mass is 9.76. The highest BCUT2D eigenvalue weighted by Gasteiger charge is 2.36. The van der Waals surface area contributed by atoms with Gasteiger partial charge in [-0.1, -0.05) is 32.1 Å². The molecule has 3 heteroatoms. The van der Waals surface area contributed by atoms with E-state index in [1.807, 2.05) is 6.26 Å². The van der Waals surface area contributed by atoms with E-state index in [1.165, 1.54) is 18.5 Å². The summed E-state index contributed by atoms with van der Waals surface area (Å²) in [7, 11) is 0.700. The van der Waals surface area contributed by atoms with Gasteiger partial charge in [0.25, 0.3) is 0 Å². The average molecular weight is 250 g/mol. The zero-order chi connectivity index (χ0) is 12.3. The minimum atomic E-state index is -1.08. The van der Waals surface area contributed by atoms with Gasteiger partial charge < -0.3 is 9.16 Å². The van der Waals surface area contributed by atoms with Crippen LogP contribution in [-0.2, 0) is 9.16 Å². The third-order valence-electron chi connectivity index (χ3n) is 3.78.